The molecule has 0 aliphatic heterocycles. The van der Waals surface area contributed by atoms with Crippen molar-refractivity contribution in [2.75, 3.05) is 18.8 Å². The molecule has 2 nitrogen and oxygen atoms in total. The second kappa shape index (κ2) is 4.67. The Morgan fingerprint density at radius 1 is 1.13 bits per heavy atom. The minimum absolute atomic E-state index is 0.373. The van der Waals surface area contributed by atoms with E-state index in [0.717, 1.165) is 11.4 Å². The van der Waals surface area contributed by atoms with Crippen molar-refractivity contribution in [3.05, 3.63) is 23.8 Å². The van der Waals surface area contributed by atoms with Gasteiger partial charge in [-0.25, -0.2) is 4.98 Å². The van der Waals surface area contributed by atoms with Gasteiger partial charge in [0.2, 0.25) is 0 Å². The molecule has 0 aliphatic rings. The summed E-state index contributed by atoms with van der Waals surface area (Å²) in [6.07, 6.45) is 9.95. The summed E-state index contributed by atoms with van der Waals surface area (Å²) >= 11 is 0. The molecule has 0 radical (unpaired) electrons. The lowest BCUT2D eigenvalue weighted by atomic mass is 10.1. The van der Waals surface area contributed by atoms with Crippen LogP contribution in [0.2, 0.25) is 0 Å². The molecule has 82 valence electrons. The summed E-state index contributed by atoms with van der Waals surface area (Å²) in [5.41, 5.74) is 1.82. The molecular weight excluding hydrogens is 204 g/mol. The van der Waals surface area contributed by atoms with Gasteiger partial charge in [0.15, 0.2) is 0 Å². The van der Waals surface area contributed by atoms with Crippen LogP contribution in [0.25, 0.3) is 0 Å². The van der Waals surface area contributed by atoms with E-state index in [1.165, 1.54) is 0 Å². The molecule has 0 spiro atoms. The molecule has 0 aliphatic carbocycles. The van der Waals surface area contributed by atoms with Crippen LogP contribution in [-0.2, 0) is 0 Å². The van der Waals surface area contributed by atoms with Gasteiger partial charge in [0.05, 0.1) is 5.69 Å². The van der Waals surface area contributed by atoms with E-state index in [2.05, 4.69) is 53.8 Å². The highest BCUT2D eigenvalue weighted by Crippen LogP contribution is 2.32. The van der Waals surface area contributed by atoms with Crippen molar-refractivity contribution in [1.29, 1.82) is 0 Å². The number of hydrogen-bond acceptors (Lipinski definition) is 2. The Labute approximate surface area is 93.8 Å². The van der Waals surface area contributed by atoms with E-state index in [1.54, 1.807) is 12.4 Å². The number of aromatic nitrogens is 2. The Morgan fingerprint density at radius 3 is 2.27 bits per heavy atom. The van der Waals surface area contributed by atoms with Gasteiger partial charge < -0.3 is 0 Å². The van der Waals surface area contributed by atoms with E-state index in [1.807, 2.05) is 0 Å². The van der Waals surface area contributed by atoms with Gasteiger partial charge in [-0.3, -0.25) is 4.98 Å². The molecule has 1 rings (SSSR count). The highest BCUT2D eigenvalue weighted by molar-refractivity contribution is 8.35. The molecule has 15 heavy (non-hydrogen) atoms. The molecule has 0 unspecified atom stereocenters. The molecular formula is C12H18N2S. The maximum absolute atomic E-state index is 4.32. The molecule has 3 heteroatoms. The van der Waals surface area contributed by atoms with Gasteiger partial charge in [-0.2, -0.15) is 10.0 Å². The smallest absolute Gasteiger partial charge is 0.135 e. The zero-order valence-electron chi connectivity index (χ0n) is 10.0. The molecule has 0 atom stereocenters. The summed E-state index contributed by atoms with van der Waals surface area (Å²) < 4.78 is 0. The summed E-state index contributed by atoms with van der Waals surface area (Å²) in [7, 11) is -0.794. The summed E-state index contributed by atoms with van der Waals surface area (Å²) in [5.74, 6) is 3.52. The van der Waals surface area contributed by atoms with Crippen molar-refractivity contribution in [2.24, 2.45) is 0 Å². The Kier molecular flexibility index (Phi) is 3.76. The Hall–Kier alpha value is -1.01. The molecule has 1 aromatic heterocycles. The Bertz CT molecular complexity index is 394. The van der Waals surface area contributed by atoms with Gasteiger partial charge >= 0.3 is 0 Å². The van der Waals surface area contributed by atoms with Crippen LogP contribution in [0.4, 0.5) is 0 Å². The quantitative estimate of drug-likeness (QED) is 0.683. The van der Waals surface area contributed by atoms with Gasteiger partial charge in [-0.15, -0.1) is 0 Å². The fourth-order valence-corrected chi connectivity index (χ4v) is 1.47. The fourth-order valence-electron chi connectivity index (χ4n) is 1.07. The molecule has 0 saturated heterocycles. The van der Waals surface area contributed by atoms with E-state index in [9.17, 15) is 0 Å². The van der Waals surface area contributed by atoms with Crippen LogP contribution in [0, 0.1) is 11.2 Å². The highest BCUT2D eigenvalue weighted by Gasteiger charge is 2.07. The molecule has 0 amide bonds. The Balaban J connectivity index is 3.08. The molecule has 0 saturated carbocycles. The van der Waals surface area contributed by atoms with Crippen molar-refractivity contribution in [3.8, 4) is 11.2 Å². The molecule has 0 aromatic carbocycles. The Morgan fingerprint density at radius 2 is 1.73 bits per heavy atom. The van der Waals surface area contributed by atoms with Gasteiger partial charge in [0.1, 0.15) is 5.69 Å². The molecule has 0 fully saturated rings. The molecule has 0 N–H and O–H groups in total. The maximum atomic E-state index is 4.32. The van der Waals surface area contributed by atoms with E-state index in [4.69, 9.17) is 0 Å². The van der Waals surface area contributed by atoms with E-state index < -0.39 is 10.0 Å². The number of nitrogens with zero attached hydrogens (tertiary/aromatic N) is 2. The van der Waals surface area contributed by atoms with Crippen LogP contribution < -0.4 is 0 Å². The first-order valence-electron chi connectivity index (χ1n) is 4.92. The van der Waals surface area contributed by atoms with Crippen molar-refractivity contribution >= 4 is 10.0 Å². The maximum Gasteiger partial charge on any atom is 0.135 e. The number of rotatable bonds is 1. The second-order valence-corrected chi connectivity index (χ2v) is 8.39. The summed E-state index contributed by atoms with van der Waals surface area (Å²) in [4.78, 5) is 8.60. The van der Waals surface area contributed by atoms with Crippen molar-refractivity contribution in [1.82, 2.24) is 9.97 Å². The van der Waals surface area contributed by atoms with E-state index in [-0.39, 0.29) is 0 Å². The minimum Gasteiger partial charge on any atom is -0.256 e. The summed E-state index contributed by atoms with van der Waals surface area (Å²) in [6.45, 7) is 4.22. The predicted molar refractivity (Wildman–Crippen MR) is 68.4 cm³/mol. The van der Waals surface area contributed by atoms with Crippen LogP contribution in [0.5, 0.6) is 0 Å². The molecule has 1 aromatic rings. The zero-order valence-corrected chi connectivity index (χ0v) is 10.9. The average molecular weight is 222 g/mol. The largest absolute Gasteiger partial charge is 0.256 e. The summed E-state index contributed by atoms with van der Waals surface area (Å²) in [5, 5.41) is 3.26. The lowest BCUT2D eigenvalue weighted by Gasteiger charge is -2.15. The zero-order chi connectivity index (χ0) is 11.5. The number of hydrogen-bond donors (Lipinski definition) is 0. The minimum atomic E-state index is -0.794. The standard InChI is InChI=1S/C12H18N2S/c1-10(2)12-11(13-7-8-14-12)6-9-15(3,4)5/h7-8,10H,1-5H3. The second-order valence-electron chi connectivity index (χ2n) is 4.51. The fraction of sp³-hybridized carbons (Fsp3) is 0.500. The lowest BCUT2D eigenvalue weighted by molar-refractivity contribution is 0.806. The molecule has 0 bridgehead atoms. The van der Waals surface area contributed by atoms with Crippen LogP contribution in [0.1, 0.15) is 31.2 Å². The van der Waals surface area contributed by atoms with Crippen molar-refractivity contribution in [3.63, 3.8) is 0 Å². The first-order valence-corrected chi connectivity index (χ1v) is 7.78. The predicted octanol–water partition coefficient (Wildman–Crippen LogP) is 2.60. The highest BCUT2D eigenvalue weighted by atomic mass is 32.3. The summed E-state index contributed by atoms with van der Waals surface area (Å²) in [6, 6.07) is 0. The first-order chi connectivity index (χ1) is 6.90. The van der Waals surface area contributed by atoms with Gasteiger partial charge in [-0.1, -0.05) is 13.8 Å². The van der Waals surface area contributed by atoms with Crippen molar-refractivity contribution in [2.45, 2.75) is 19.8 Å². The van der Waals surface area contributed by atoms with Crippen molar-refractivity contribution < 1.29 is 0 Å². The van der Waals surface area contributed by atoms with Crippen LogP contribution in [0.15, 0.2) is 12.4 Å². The first kappa shape index (κ1) is 12.1. The van der Waals surface area contributed by atoms with Gasteiger partial charge in [0.25, 0.3) is 0 Å². The molecule has 1 heterocycles. The SMILES string of the molecule is CC(C)c1nccnc1C#CS(C)(C)C. The topological polar surface area (TPSA) is 25.8 Å². The van der Waals surface area contributed by atoms with E-state index >= 15 is 0 Å². The van der Waals surface area contributed by atoms with E-state index in [0.29, 0.717) is 5.92 Å². The average Bonchev–Trinajstić information content (AvgIpc) is 2.14. The normalized spacial score (nSPS) is 12.1. The monoisotopic (exact) mass is 222 g/mol. The third-order valence-electron chi connectivity index (χ3n) is 1.75. The van der Waals surface area contributed by atoms with Crippen LogP contribution in [-0.4, -0.2) is 28.7 Å². The van der Waals surface area contributed by atoms with Crippen LogP contribution >= 0.6 is 10.0 Å². The lowest BCUT2D eigenvalue weighted by Crippen LogP contribution is -1.99. The van der Waals surface area contributed by atoms with Crippen LogP contribution in [0.3, 0.4) is 0 Å². The van der Waals surface area contributed by atoms with Gasteiger partial charge in [0, 0.05) is 12.4 Å². The third-order valence-corrected chi connectivity index (χ3v) is 2.46. The third kappa shape index (κ3) is 3.93. The van der Waals surface area contributed by atoms with Gasteiger partial charge in [-0.05, 0) is 35.9 Å².